The van der Waals surface area contributed by atoms with Crippen molar-refractivity contribution in [3.8, 4) is 51.3 Å². The van der Waals surface area contributed by atoms with E-state index in [4.69, 9.17) is 14.2 Å². The molecule has 2 unspecified atom stereocenters. The number of unbranched alkanes of at least 4 members (excludes halogenated alkanes) is 2. The van der Waals surface area contributed by atoms with Gasteiger partial charge in [0.25, 0.3) is 0 Å². The number of hydrogen-bond acceptors (Lipinski definition) is 5. The molecule has 0 saturated carbocycles. The zero-order valence-corrected chi connectivity index (χ0v) is 31.2. The Bertz CT molecular complexity index is 1810. The maximum Gasteiger partial charge on any atom is 0.152 e. The Morgan fingerprint density at radius 2 is 1.02 bits per heavy atom. The number of nitrogens with zero attached hydrogens (tertiary/aromatic N) is 2. The average molecular weight is 693 g/mol. The van der Waals surface area contributed by atoms with E-state index in [2.05, 4.69) is 124 Å². The summed E-state index contributed by atoms with van der Waals surface area (Å²) in [4.78, 5) is 2.21. The first-order valence-electron chi connectivity index (χ1n) is 19.3. The minimum atomic E-state index is 0.590. The maximum absolute atomic E-state index is 9.46. The summed E-state index contributed by atoms with van der Waals surface area (Å²) in [7, 11) is 0. The molecule has 2 atom stereocenters. The van der Waals surface area contributed by atoms with E-state index in [1.54, 1.807) is 0 Å². The van der Waals surface area contributed by atoms with E-state index in [0.29, 0.717) is 17.4 Å². The van der Waals surface area contributed by atoms with E-state index < -0.39 is 0 Å². The van der Waals surface area contributed by atoms with Crippen LogP contribution in [0.25, 0.3) is 22.3 Å². The molecule has 0 saturated heterocycles. The Hall–Kier alpha value is -5.21. The van der Waals surface area contributed by atoms with Crippen molar-refractivity contribution < 1.29 is 14.2 Å². The van der Waals surface area contributed by atoms with Crippen molar-refractivity contribution in [3.63, 3.8) is 0 Å². The summed E-state index contributed by atoms with van der Waals surface area (Å²) in [5, 5.41) is 9.46. The van der Waals surface area contributed by atoms with E-state index in [9.17, 15) is 5.26 Å². The van der Waals surface area contributed by atoms with Crippen LogP contribution in [0.4, 0.5) is 17.1 Å². The summed E-state index contributed by atoms with van der Waals surface area (Å²) in [6, 6.07) is 39.5. The van der Waals surface area contributed by atoms with Crippen molar-refractivity contribution in [2.75, 3.05) is 18.1 Å². The van der Waals surface area contributed by atoms with Crippen molar-refractivity contribution in [2.45, 2.75) is 79.1 Å². The van der Waals surface area contributed by atoms with Crippen LogP contribution >= 0.6 is 0 Å². The van der Waals surface area contributed by atoms with Crippen LogP contribution in [0, 0.1) is 23.2 Å². The third-order valence-corrected chi connectivity index (χ3v) is 10.3. The molecule has 1 aliphatic rings. The standard InChI is InChI=1S/C47H52N2O3/c1-5-9-11-34(7-3)32-50-42-23-15-37(16-24-42)39-19-27-44-46(29-39)52-47-30-40(20-28-45(47)49(44)41-21-13-36(31-48)14-22-41)38-17-25-43(26-18-38)51-33-35(8-4)12-10-6-2/h13-30,34-35H,5-12,32-33H2,1-4H3. The van der Waals surface area contributed by atoms with Gasteiger partial charge >= 0.3 is 0 Å². The van der Waals surface area contributed by atoms with Gasteiger partial charge in [-0.3, -0.25) is 0 Å². The molecule has 0 bridgehead atoms. The molecule has 1 aliphatic heterocycles. The van der Waals surface area contributed by atoms with Crippen LogP contribution in [-0.4, -0.2) is 13.2 Å². The summed E-state index contributed by atoms with van der Waals surface area (Å²) in [6.45, 7) is 10.5. The second-order valence-electron chi connectivity index (χ2n) is 14.0. The maximum atomic E-state index is 9.46. The van der Waals surface area contributed by atoms with Crippen molar-refractivity contribution in [1.29, 1.82) is 5.26 Å². The molecule has 52 heavy (non-hydrogen) atoms. The summed E-state index contributed by atoms with van der Waals surface area (Å²) in [5.41, 5.74) is 7.79. The molecule has 5 aromatic rings. The van der Waals surface area contributed by atoms with Crippen LogP contribution in [0.2, 0.25) is 0 Å². The van der Waals surface area contributed by atoms with Crippen LogP contribution in [0.15, 0.2) is 109 Å². The molecule has 0 spiro atoms. The summed E-state index contributed by atoms with van der Waals surface area (Å²) in [5.74, 6) is 4.52. The molecule has 268 valence electrons. The van der Waals surface area contributed by atoms with Gasteiger partial charge in [0.15, 0.2) is 11.5 Å². The Labute approximate surface area is 310 Å². The fourth-order valence-corrected chi connectivity index (χ4v) is 6.84. The van der Waals surface area contributed by atoms with Crippen LogP contribution < -0.4 is 19.1 Å². The fourth-order valence-electron chi connectivity index (χ4n) is 6.84. The monoisotopic (exact) mass is 692 g/mol. The van der Waals surface area contributed by atoms with Crippen molar-refractivity contribution in [1.82, 2.24) is 0 Å². The second-order valence-corrected chi connectivity index (χ2v) is 14.0. The van der Waals surface area contributed by atoms with Gasteiger partial charge in [0.2, 0.25) is 0 Å². The lowest BCUT2D eigenvalue weighted by Gasteiger charge is -2.33. The van der Waals surface area contributed by atoms with Gasteiger partial charge in [0, 0.05) is 5.69 Å². The Morgan fingerprint density at radius 1 is 0.577 bits per heavy atom. The molecule has 0 fully saturated rings. The van der Waals surface area contributed by atoms with E-state index in [-0.39, 0.29) is 0 Å². The highest BCUT2D eigenvalue weighted by atomic mass is 16.5. The largest absolute Gasteiger partial charge is 0.493 e. The number of benzene rings is 5. The molecule has 0 aromatic heterocycles. The van der Waals surface area contributed by atoms with Gasteiger partial charge in [-0.25, -0.2) is 0 Å². The molecule has 0 aliphatic carbocycles. The van der Waals surface area contributed by atoms with Gasteiger partial charge in [-0.15, -0.1) is 0 Å². The lowest BCUT2D eigenvalue weighted by atomic mass is 10.00. The topological polar surface area (TPSA) is 54.7 Å². The lowest BCUT2D eigenvalue weighted by Crippen LogP contribution is -2.16. The van der Waals surface area contributed by atoms with Crippen LogP contribution in [-0.2, 0) is 0 Å². The van der Waals surface area contributed by atoms with Crippen LogP contribution in [0.5, 0.6) is 23.0 Å². The zero-order valence-electron chi connectivity index (χ0n) is 31.2. The molecule has 5 nitrogen and oxygen atoms in total. The predicted molar refractivity (Wildman–Crippen MR) is 214 cm³/mol. The third-order valence-electron chi connectivity index (χ3n) is 10.3. The second kappa shape index (κ2) is 17.8. The van der Waals surface area contributed by atoms with Gasteiger partial charge in [-0.05, 0) is 120 Å². The SMILES string of the molecule is CCCCC(CC)COc1ccc(-c2ccc3c(c2)Oc2cc(-c4ccc(OCC(CC)CCCC)cc4)ccc2N3c2ccc(C#N)cc2)cc1. The molecule has 0 radical (unpaired) electrons. The van der Waals surface area contributed by atoms with Crippen LogP contribution in [0.3, 0.4) is 0 Å². The number of nitriles is 1. The normalized spacial score (nSPS) is 12.9. The molecule has 0 N–H and O–H groups in total. The average Bonchev–Trinajstić information content (AvgIpc) is 3.20. The Morgan fingerprint density at radius 3 is 1.42 bits per heavy atom. The van der Waals surface area contributed by atoms with Gasteiger partial charge in [0.05, 0.1) is 36.2 Å². The molecule has 5 heteroatoms. The Balaban J connectivity index is 1.25. The Kier molecular flexibility index (Phi) is 12.5. The third kappa shape index (κ3) is 8.80. The highest BCUT2D eigenvalue weighted by Crippen LogP contribution is 2.52. The lowest BCUT2D eigenvalue weighted by molar-refractivity contribution is 0.233. The first-order chi connectivity index (χ1) is 25.5. The zero-order chi connectivity index (χ0) is 36.3. The molecule has 6 rings (SSSR count). The molecular weight excluding hydrogens is 641 g/mol. The van der Waals surface area contributed by atoms with Crippen LogP contribution in [0.1, 0.15) is 84.6 Å². The minimum Gasteiger partial charge on any atom is -0.493 e. The quantitative estimate of drug-likeness (QED) is 0.0952. The number of anilines is 3. The number of hydrogen-bond donors (Lipinski definition) is 0. The smallest absolute Gasteiger partial charge is 0.152 e. The van der Waals surface area contributed by atoms with E-state index in [1.165, 1.54) is 38.5 Å². The first-order valence-corrected chi connectivity index (χ1v) is 19.3. The number of rotatable bonds is 17. The fraction of sp³-hybridized carbons (Fsp3) is 0.340. The van der Waals surface area contributed by atoms with Gasteiger partial charge < -0.3 is 19.1 Å². The number of ether oxygens (including phenoxy) is 3. The highest BCUT2D eigenvalue weighted by molar-refractivity contribution is 5.89. The molecule has 5 aromatic carbocycles. The van der Waals surface area contributed by atoms with Gasteiger partial charge in [-0.2, -0.15) is 5.26 Å². The van der Waals surface area contributed by atoms with Crippen molar-refractivity contribution in [2.24, 2.45) is 11.8 Å². The first kappa shape index (κ1) is 36.6. The van der Waals surface area contributed by atoms with E-state index in [1.807, 2.05) is 24.3 Å². The molecule has 1 heterocycles. The highest BCUT2D eigenvalue weighted by Gasteiger charge is 2.27. The summed E-state index contributed by atoms with van der Waals surface area (Å²) >= 11 is 0. The van der Waals surface area contributed by atoms with E-state index in [0.717, 1.165) is 88.4 Å². The minimum absolute atomic E-state index is 0.590. The van der Waals surface area contributed by atoms with Crippen molar-refractivity contribution in [3.05, 3.63) is 115 Å². The summed E-state index contributed by atoms with van der Waals surface area (Å²) < 4.78 is 19.1. The van der Waals surface area contributed by atoms with E-state index >= 15 is 0 Å². The predicted octanol–water partition coefficient (Wildman–Crippen LogP) is 13.7. The number of fused-ring (bicyclic) bond motifs is 2. The van der Waals surface area contributed by atoms with Gasteiger partial charge in [0.1, 0.15) is 11.5 Å². The summed E-state index contributed by atoms with van der Waals surface area (Å²) in [6.07, 6.45) is 9.63. The molecule has 0 amide bonds. The van der Waals surface area contributed by atoms with Gasteiger partial charge in [-0.1, -0.05) is 103 Å². The van der Waals surface area contributed by atoms with Crippen molar-refractivity contribution >= 4 is 17.1 Å². The molecular formula is C47H52N2O3.